The summed E-state index contributed by atoms with van der Waals surface area (Å²) >= 11 is 0. The summed E-state index contributed by atoms with van der Waals surface area (Å²) in [6.45, 7) is 14.3. The van der Waals surface area contributed by atoms with Gasteiger partial charge in [0.1, 0.15) is 0 Å². The highest BCUT2D eigenvalue weighted by atomic mass is 28.4. The zero-order valence-corrected chi connectivity index (χ0v) is 16.5. The highest BCUT2D eigenvalue weighted by Crippen LogP contribution is 2.64. The minimum Gasteiger partial charge on any atom is -0.397 e. The molecule has 2 saturated carbocycles. The van der Waals surface area contributed by atoms with E-state index in [1.165, 1.54) is 25.7 Å². The maximum atomic E-state index is 6.26. The first kappa shape index (κ1) is 17.5. The van der Waals surface area contributed by atoms with Crippen molar-refractivity contribution in [3.63, 3.8) is 0 Å². The van der Waals surface area contributed by atoms with Crippen LogP contribution in [0.25, 0.3) is 0 Å². The molecular formula is C18H36O2Si. The van der Waals surface area contributed by atoms with Crippen molar-refractivity contribution in [2.75, 3.05) is 14.2 Å². The predicted molar refractivity (Wildman–Crippen MR) is 91.6 cm³/mol. The molecular weight excluding hydrogens is 276 g/mol. The van der Waals surface area contributed by atoms with Gasteiger partial charge in [0.25, 0.3) is 0 Å². The Bertz CT molecular complexity index is 330. The van der Waals surface area contributed by atoms with E-state index in [-0.39, 0.29) is 0 Å². The van der Waals surface area contributed by atoms with Crippen molar-refractivity contribution in [3.8, 4) is 0 Å². The maximum Gasteiger partial charge on any atom is 0.344 e. The molecule has 2 aliphatic carbocycles. The van der Waals surface area contributed by atoms with E-state index in [0.717, 1.165) is 11.8 Å². The Kier molecular flexibility index (Phi) is 4.70. The molecule has 0 N–H and O–H groups in total. The number of hydrogen-bond acceptors (Lipinski definition) is 2. The second kappa shape index (κ2) is 5.65. The molecule has 0 radical (unpaired) electrons. The molecule has 0 spiro atoms. The molecule has 0 aromatic rings. The molecule has 0 aromatic heterocycles. The average Bonchev–Trinajstić information content (AvgIpc) is 2.19. The van der Waals surface area contributed by atoms with Crippen LogP contribution in [0.2, 0.25) is 11.1 Å². The summed E-state index contributed by atoms with van der Waals surface area (Å²) in [5.74, 6) is 1.54. The van der Waals surface area contributed by atoms with Gasteiger partial charge in [0, 0.05) is 25.3 Å². The topological polar surface area (TPSA) is 18.5 Å². The molecule has 124 valence electrons. The lowest BCUT2D eigenvalue weighted by Gasteiger charge is -2.59. The van der Waals surface area contributed by atoms with E-state index in [4.69, 9.17) is 8.85 Å². The molecule has 0 amide bonds. The quantitative estimate of drug-likeness (QED) is 0.649. The lowest BCUT2D eigenvalue weighted by Crippen LogP contribution is -2.61. The Morgan fingerprint density at radius 2 is 1.00 bits per heavy atom. The van der Waals surface area contributed by atoms with Crippen LogP contribution >= 0.6 is 0 Å². The van der Waals surface area contributed by atoms with Crippen LogP contribution in [0.15, 0.2) is 0 Å². The molecule has 0 aromatic carbocycles. The molecule has 0 aliphatic heterocycles. The Morgan fingerprint density at radius 3 is 1.14 bits per heavy atom. The SMILES string of the molecule is CO[Si](OC)(C1CCC1C(C)(C)C)C1CCC1C(C)(C)C. The van der Waals surface area contributed by atoms with E-state index in [9.17, 15) is 0 Å². The molecule has 2 rings (SSSR count). The molecule has 0 bridgehead atoms. The van der Waals surface area contributed by atoms with Crippen molar-refractivity contribution in [3.05, 3.63) is 0 Å². The third kappa shape index (κ3) is 2.86. The highest BCUT2D eigenvalue weighted by molar-refractivity contribution is 6.71. The van der Waals surface area contributed by atoms with Gasteiger partial charge in [-0.2, -0.15) is 0 Å². The maximum absolute atomic E-state index is 6.26. The second-order valence-electron chi connectivity index (χ2n) is 9.44. The standard InChI is InChI=1S/C18H36O2Si/c1-17(2,3)13-9-11-15(13)21(19-7,20-8)16-12-10-14(16)18(4,5)6/h13-16H,9-12H2,1-8H3. The van der Waals surface area contributed by atoms with Crippen LogP contribution < -0.4 is 0 Å². The Hall–Kier alpha value is 0.137. The van der Waals surface area contributed by atoms with Gasteiger partial charge in [-0.1, -0.05) is 41.5 Å². The summed E-state index contributed by atoms with van der Waals surface area (Å²) in [4.78, 5) is 0. The summed E-state index contributed by atoms with van der Waals surface area (Å²) in [5.41, 5.74) is 2.11. The fourth-order valence-corrected chi connectivity index (χ4v) is 10.5. The third-order valence-corrected chi connectivity index (χ3v) is 11.2. The molecule has 2 nitrogen and oxygen atoms in total. The van der Waals surface area contributed by atoms with Crippen LogP contribution in [0.3, 0.4) is 0 Å². The largest absolute Gasteiger partial charge is 0.397 e. The summed E-state index contributed by atoms with van der Waals surface area (Å²) in [6.07, 6.45) is 5.32. The second-order valence-corrected chi connectivity index (χ2v) is 13.2. The molecule has 21 heavy (non-hydrogen) atoms. The van der Waals surface area contributed by atoms with Crippen molar-refractivity contribution < 1.29 is 8.85 Å². The Labute approximate surface area is 133 Å². The van der Waals surface area contributed by atoms with Gasteiger partial charge >= 0.3 is 8.56 Å². The molecule has 4 atom stereocenters. The van der Waals surface area contributed by atoms with E-state index in [1.807, 2.05) is 14.2 Å². The smallest absolute Gasteiger partial charge is 0.344 e. The van der Waals surface area contributed by atoms with E-state index in [0.29, 0.717) is 21.9 Å². The van der Waals surface area contributed by atoms with Gasteiger partial charge in [0.2, 0.25) is 0 Å². The monoisotopic (exact) mass is 312 g/mol. The lowest BCUT2D eigenvalue weighted by molar-refractivity contribution is 0.0541. The first-order valence-corrected chi connectivity index (χ1v) is 10.7. The summed E-state index contributed by atoms with van der Waals surface area (Å²) in [5, 5.41) is 0. The normalized spacial score (nSPS) is 34.3. The zero-order chi connectivity index (χ0) is 16.1. The zero-order valence-electron chi connectivity index (χ0n) is 15.5. The highest BCUT2D eigenvalue weighted by Gasteiger charge is 2.63. The van der Waals surface area contributed by atoms with E-state index in [2.05, 4.69) is 41.5 Å². The first-order valence-electron chi connectivity index (χ1n) is 8.68. The van der Waals surface area contributed by atoms with Crippen molar-refractivity contribution in [1.82, 2.24) is 0 Å². The number of hydrogen-bond donors (Lipinski definition) is 0. The van der Waals surface area contributed by atoms with Crippen molar-refractivity contribution in [2.24, 2.45) is 22.7 Å². The van der Waals surface area contributed by atoms with Crippen molar-refractivity contribution in [1.29, 1.82) is 0 Å². The molecule has 2 aliphatic rings. The fourth-order valence-electron chi connectivity index (χ4n) is 5.00. The molecule has 3 heteroatoms. The molecule has 0 heterocycles. The van der Waals surface area contributed by atoms with Gasteiger partial charge in [-0.3, -0.25) is 0 Å². The molecule has 2 fully saturated rings. The first-order chi connectivity index (χ1) is 9.58. The van der Waals surface area contributed by atoms with E-state index >= 15 is 0 Å². The summed E-state index contributed by atoms with van der Waals surface area (Å²) in [6, 6.07) is 0. The van der Waals surface area contributed by atoms with Crippen LogP contribution in [-0.2, 0) is 8.85 Å². The van der Waals surface area contributed by atoms with Crippen molar-refractivity contribution in [2.45, 2.75) is 78.3 Å². The van der Waals surface area contributed by atoms with E-state index in [1.54, 1.807) is 0 Å². The van der Waals surface area contributed by atoms with Crippen LogP contribution in [0.1, 0.15) is 67.2 Å². The van der Waals surface area contributed by atoms with Crippen LogP contribution in [0, 0.1) is 22.7 Å². The third-order valence-electron chi connectivity index (χ3n) is 6.45. The Morgan fingerprint density at radius 1 is 0.667 bits per heavy atom. The number of rotatable bonds is 4. The lowest BCUT2D eigenvalue weighted by atomic mass is 9.67. The van der Waals surface area contributed by atoms with Gasteiger partial charge in [-0.25, -0.2) is 0 Å². The fraction of sp³-hybridized carbons (Fsp3) is 1.00. The van der Waals surface area contributed by atoms with Crippen molar-refractivity contribution >= 4 is 8.56 Å². The molecule has 4 unspecified atom stereocenters. The van der Waals surface area contributed by atoms with Gasteiger partial charge in [0.05, 0.1) is 0 Å². The van der Waals surface area contributed by atoms with Crippen LogP contribution in [0.5, 0.6) is 0 Å². The van der Waals surface area contributed by atoms with Crippen LogP contribution in [-0.4, -0.2) is 22.8 Å². The molecule has 0 saturated heterocycles. The van der Waals surface area contributed by atoms with Gasteiger partial charge in [0.15, 0.2) is 0 Å². The minimum atomic E-state index is -2.12. The minimum absolute atomic E-state index is 0.374. The van der Waals surface area contributed by atoms with Gasteiger partial charge in [-0.05, 0) is 48.3 Å². The summed E-state index contributed by atoms with van der Waals surface area (Å²) in [7, 11) is 1.72. The Balaban J connectivity index is 2.26. The van der Waals surface area contributed by atoms with Crippen LogP contribution in [0.4, 0.5) is 0 Å². The van der Waals surface area contributed by atoms with Gasteiger partial charge in [-0.15, -0.1) is 0 Å². The average molecular weight is 313 g/mol. The summed E-state index contributed by atoms with van der Waals surface area (Å²) < 4.78 is 12.5. The predicted octanol–water partition coefficient (Wildman–Crippen LogP) is 5.37. The van der Waals surface area contributed by atoms with E-state index < -0.39 is 8.56 Å². The van der Waals surface area contributed by atoms with Gasteiger partial charge < -0.3 is 8.85 Å².